The molecule has 1 amide bonds. The lowest BCUT2D eigenvalue weighted by Gasteiger charge is -2.06. The molecule has 2 rings (SSSR count). The molecule has 0 aromatic carbocycles. The summed E-state index contributed by atoms with van der Waals surface area (Å²) >= 11 is 11.4. The maximum atomic E-state index is 11.9. The van der Waals surface area contributed by atoms with Crippen LogP contribution in [0.2, 0.25) is 10.3 Å². The molecule has 0 atom stereocenters. The van der Waals surface area contributed by atoms with Gasteiger partial charge in [-0.15, -0.1) is 10.2 Å². The molecule has 92 valence electrons. The molecule has 0 aliphatic rings. The fourth-order valence-corrected chi connectivity index (χ4v) is 1.62. The van der Waals surface area contributed by atoms with Crippen molar-refractivity contribution in [2.24, 2.45) is 0 Å². The number of amides is 1. The van der Waals surface area contributed by atoms with E-state index in [1.165, 1.54) is 6.07 Å². The van der Waals surface area contributed by atoms with Gasteiger partial charge in [-0.2, -0.15) is 0 Å². The maximum Gasteiger partial charge on any atom is 0.254 e. The van der Waals surface area contributed by atoms with Gasteiger partial charge in [0.15, 0.2) is 10.3 Å². The number of pyridine rings is 1. The molecule has 0 fully saturated rings. The number of rotatable bonds is 3. The monoisotopic (exact) mass is 282 g/mol. The second-order valence-corrected chi connectivity index (χ2v) is 4.15. The molecule has 0 saturated heterocycles. The Morgan fingerprint density at radius 2 is 1.94 bits per heavy atom. The molecule has 0 radical (unpaired) electrons. The summed E-state index contributed by atoms with van der Waals surface area (Å²) in [7, 11) is 0. The van der Waals surface area contributed by atoms with Crippen molar-refractivity contribution in [2.75, 3.05) is 0 Å². The van der Waals surface area contributed by atoms with Crippen LogP contribution in [0.25, 0.3) is 0 Å². The van der Waals surface area contributed by atoms with Gasteiger partial charge >= 0.3 is 0 Å². The zero-order valence-corrected chi connectivity index (χ0v) is 10.6. The second kappa shape index (κ2) is 5.75. The zero-order valence-electron chi connectivity index (χ0n) is 9.10. The molecule has 0 spiro atoms. The molecule has 0 aliphatic carbocycles. The van der Waals surface area contributed by atoms with Crippen molar-refractivity contribution in [1.29, 1.82) is 0 Å². The number of halogens is 2. The number of hydrogen-bond acceptors (Lipinski definition) is 4. The molecule has 2 aromatic rings. The number of carbonyl (C=O) groups excluding carboxylic acids is 1. The van der Waals surface area contributed by atoms with Crippen molar-refractivity contribution >= 4 is 29.1 Å². The van der Waals surface area contributed by atoms with Crippen LogP contribution < -0.4 is 5.32 Å². The minimum atomic E-state index is -0.353. The lowest BCUT2D eigenvalue weighted by Crippen LogP contribution is -2.23. The third-order valence-corrected chi connectivity index (χ3v) is 2.63. The van der Waals surface area contributed by atoms with Crippen LogP contribution in [0.4, 0.5) is 0 Å². The summed E-state index contributed by atoms with van der Waals surface area (Å²) < 4.78 is 0. The van der Waals surface area contributed by atoms with E-state index < -0.39 is 0 Å². The van der Waals surface area contributed by atoms with E-state index >= 15 is 0 Å². The first kappa shape index (κ1) is 12.7. The second-order valence-electron chi connectivity index (χ2n) is 3.41. The fourth-order valence-electron chi connectivity index (χ4n) is 1.29. The summed E-state index contributed by atoms with van der Waals surface area (Å²) in [4.78, 5) is 15.7. The van der Waals surface area contributed by atoms with Gasteiger partial charge in [-0.05, 0) is 23.8 Å². The number of hydrogen-bond donors (Lipinski definition) is 1. The van der Waals surface area contributed by atoms with Crippen molar-refractivity contribution in [2.45, 2.75) is 6.54 Å². The summed E-state index contributed by atoms with van der Waals surface area (Å²) in [5.41, 5.74) is 1.13. The van der Waals surface area contributed by atoms with Crippen LogP contribution in [0.3, 0.4) is 0 Å². The highest BCUT2D eigenvalue weighted by Crippen LogP contribution is 2.15. The van der Waals surface area contributed by atoms with Crippen LogP contribution in [-0.4, -0.2) is 21.1 Å². The van der Waals surface area contributed by atoms with Crippen LogP contribution in [-0.2, 0) is 6.54 Å². The summed E-state index contributed by atoms with van der Waals surface area (Å²) in [5.74, 6) is -0.353. The van der Waals surface area contributed by atoms with Crippen molar-refractivity contribution in [3.05, 3.63) is 52.0 Å². The number of carbonyl (C=O) groups is 1. The first-order valence-corrected chi connectivity index (χ1v) is 5.78. The van der Waals surface area contributed by atoms with Gasteiger partial charge in [0.1, 0.15) is 0 Å². The number of nitrogens with zero attached hydrogens (tertiary/aromatic N) is 3. The van der Waals surface area contributed by atoms with Gasteiger partial charge in [-0.1, -0.05) is 23.2 Å². The van der Waals surface area contributed by atoms with Gasteiger partial charge in [0.25, 0.3) is 5.91 Å². The fraction of sp³-hybridized carbons (Fsp3) is 0.0909. The standard InChI is InChI=1S/C11H8Cl2N4O/c12-9-5-8(10(13)17-16-9)11(18)15-6-7-1-3-14-4-2-7/h1-5H,6H2,(H,15,18). The van der Waals surface area contributed by atoms with Crippen molar-refractivity contribution in [3.8, 4) is 0 Å². The molecule has 2 aromatic heterocycles. The van der Waals surface area contributed by atoms with E-state index in [0.29, 0.717) is 6.54 Å². The molecule has 0 saturated carbocycles. The zero-order chi connectivity index (χ0) is 13.0. The Kier molecular flexibility index (Phi) is 4.07. The van der Waals surface area contributed by atoms with E-state index in [-0.39, 0.29) is 21.8 Å². The van der Waals surface area contributed by atoms with Crippen LogP contribution in [0.1, 0.15) is 15.9 Å². The van der Waals surface area contributed by atoms with E-state index in [0.717, 1.165) is 5.56 Å². The first-order valence-electron chi connectivity index (χ1n) is 5.02. The van der Waals surface area contributed by atoms with Gasteiger partial charge in [0.2, 0.25) is 0 Å². The average Bonchev–Trinajstić information content (AvgIpc) is 2.40. The Balaban J connectivity index is 2.06. The Bertz CT molecular complexity index is 562. The largest absolute Gasteiger partial charge is 0.348 e. The van der Waals surface area contributed by atoms with Gasteiger partial charge in [-0.3, -0.25) is 9.78 Å². The third kappa shape index (κ3) is 3.15. The summed E-state index contributed by atoms with van der Waals surface area (Å²) in [5, 5.41) is 9.95. The van der Waals surface area contributed by atoms with Crippen LogP contribution in [0.5, 0.6) is 0 Å². The van der Waals surface area contributed by atoms with Crippen molar-refractivity contribution in [1.82, 2.24) is 20.5 Å². The predicted molar refractivity (Wildman–Crippen MR) is 67.5 cm³/mol. The van der Waals surface area contributed by atoms with Gasteiger partial charge in [0.05, 0.1) is 5.56 Å². The molecule has 0 aliphatic heterocycles. The molecule has 18 heavy (non-hydrogen) atoms. The third-order valence-electron chi connectivity index (χ3n) is 2.17. The molecular weight excluding hydrogens is 275 g/mol. The molecular formula is C11H8Cl2N4O. The normalized spacial score (nSPS) is 10.1. The number of aromatic nitrogens is 3. The lowest BCUT2D eigenvalue weighted by molar-refractivity contribution is 0.0950. The minimum absolute atomic E-state index is 0.0200. The molecule has 2 heterocycles. The Morgan fingerprint density at radius 1 is 1.22 bits per heavy atom. The lowest BCUT2D eigenvalue weighted by atomic mass is 10.2. The minimum Gasteiger partial charge on any atom is -0.348 e. The SMILES string of the molecule is O=C(NCc1ccncc1)c1cc(Cl)nnc1Cl. The van der Waals surface area contributed by atoms with Gasteiger partial charge in [-0.25, -0.2) is 0 Å². The molecule has 1 N–H and O–H groups in total. The van der Waals surface area contributed by atoms with Crippen molar-refractivity contribution in [3.63, 3.8) is 0 Å². The molecule has 7 heteroatoms. The molecule has 5 nitrogen and oxygen atoms in total. The van der Waals surface area contributed by atoms with Gasteiger partial charge < -0.3 is 5.32 Å². The first-order chi connectivity index (χ1) is 8.66. The Hall–Kier alpha value is -1.72. The van der Waals surface area contributed by atoms with Crippen LogP contribution >= 0.6 is 23.2 Å². The van der Waals surface area contributed by atoms with Crippen molar-refractivity contribution < 1.29 is 4.79 Å². The van der Waals surface area contributed by atoms with E-state index in [9.17, 15) is 4.79 Å². The Morgan fingerprint density at radius 3 is 2.67 bits per heavy atom. The molecule has 0 unspecified atom stereocenters. The summed E-state index contributed by atoms with van der Waals surface area (Å²) in [6.07, 6.45) is 3.30. The quantitative estimate of drug-likeness (QED) is 0.936. The highest BCUT2D eigenvalue weighted by Gasteiger charge is 2.12. The highest BCUT2D eigenvalue weighted by atomic mass is 35.5. The van der Waals surface area contributed by atoms with E-state index in [1.807, 2.05) is 0 Å². The molecule has 0 bridgehead atoms. The maximum absolute atomic E-state index is 11.9. The van der Waals surface area contributed by atoms with Crippen LogP contribution in [0, 0.1) is 0 Å². The van der Waals surface area contributed by atoms with Gasteiger partial charge in [0, 0.05) is 18.9 Å². The predicted octanol–water partition coefficient (Wildman–Crippen LogP) is 2.11. The summed E-state index contributed by atoms with van der Waals surface area (Å²) in [6, 6.07) is 4.98. The topological polar surface area (TPSA) is 67.8 Å². The van der Waals surface area contributed by atoms with E-state index in [4.69, 9.17) is 23.2 Å². The van der Waals surface area contributed by atoms with Crippen LogP contribution in [0.15, 0.2) is 30.6 Å². The average molecular weight is 283 g/mol. The highest BCUT2D eigenvalue weighted by molar-refractivity contribution is 6.34. The Labute approximate surface area is 113 Å². The number of nitrogens with one attached hydrogen (secondary N) is 1. The van der Waals surface area contributed by atoms with E-state index in [1.54, 1.807) is 24.5 Å². The summed E-state index contributed by atoms with van der Waals surface area (Å²) in [6.45, 7) is 0.373. The smallest absolute Gasteiger partial charge is 0.254 e. The van der Waals surface area contributed by atoms with E-state index in [2.05, 4.69) is 20.5 Å².